The van der Waals surface area contributed by atoms with Gasteiger partial charge in [-0.15, -0.1) is 8.07 Å². The summed E-state index contributed by atoms with van der Waals surface area (Å²) in [5.74, 6) is 0. The Labute approximate surface area is 93.5 Å². The predicted octanol–water partition coefficient (Wildman–Crippen LogP) is 2.80. The SMILES string of the molecule is [CH2-][Si](C)(C)C.[Mg+2].[c-]1ccccc1. The summed E-state index contributed by atoms with van der Waals surface area (Å²) in [7, 11) is -0.861. The summed E-state index contributed by atoms with van der Waals surface area (Å²) in [6, 6.07) is 12.5. The molecule has 0 spiro atoms. The molecule has 0 aliphatic heterocycles. The van der Waals surface area contributed by atoms with Gasteiger partial charge in [0.2, 0.25) is 0 Å². The molecule has 0 aliphatic carbocycles. The maximum Gasteiger partial charge on any atom is 2.00 e. The molecule has 0 nitrogen and oxygen atoms in total. The molecule has 1 aromatic carbocycles. The van der Waals surface area contributed by atoms with Crippen LogP contribution in [0.3, 0.4) is 0 Å². The summed E-state index contributed by atoms with van der Waals surface area (Å²) in [5, 5.41) is 0. The van der Waals surface area contributed by atoms with Gasteiger partial charge in [-0.05, 0) is 0 Å². The first-order valence-corrected chi connectivity index (χ1v) is 7.47. The van der Waals surface area contributed by atoms with Crippen LogP contribution in [0.25, 0.3) is 0 Å². The number of hydrogen-bond acceptors (Lipinski definition) is 0. The van der Waals surface area contributed by atoms with Gasteiger partial charge in [0.1, 0.15) is 0 Å². The van der Waals surface area contributed by atoms with Crippen LogP contribution in [0.1, 0.15) is 0 Å². The zero-order valence-corrected chi connectivity index (χ0v) is 10.7. The second kappa shape index (κ2) is 7.83. The monoisotopic (exact) mass is 188 g/mol. The van der Waals surface area contributed by atoms with Gasteiger partial charge in [-0.25, -0.2) is 0 Å². The van der Waals surface area contributed by atoms with Crippen LogP contribution in [0.4, 0.5) is 0 Å². The summed E-state index contributed by atoms with van der Waals surface area (Å²) in [5.41, 5.74) is 0. The molecule has 0 unspecified atom stereocenters. The van der Waals surface area contributed by atoms with Gasteiger partial charge in [0, 0.05) is 0 Å². The fraction of sp³-hybridized carbons (Fsp3) is 0.300. The Morgan fingerprint density at radius 1 is 1.00 bits per heavy atom. The first kappa shape index (κ1) is 14.7. The van der Waals surface area contributed by atoms with Gasteiger partial charge >= 0.3 is 23.1 Å². The third-order valence-corrected chi connectivity index (χ3v) is 0.607. The van der Waals surface area contributed by atoms with Gasteiger partial charge in [-0.2, -0.15) is 36.4 Å². The van der Waals surface area contributed by atoms with E-state index in [1.54, 1.807) is 0 Å². The topological polar surface area (TPSA) is 0 Å². The summed E-state index contributed by atoms with van der Waals surface area (Å²) in [6.45, 7) is 10.6. The van der Waals surface area contributed by atoms with Crippen molar-refractivity contribution in [2.45, 2.75) is 19.6 Å². The first-order valence-electron chi connectivity index (χ1n) is 3.76. The molecule has 0 fully saturated rings. The fourth-order valence-corrected chi connectivity index (χ4v) is 0.342. The Bertz CT molecular complexity index is 134. The molecule has 12 heavy (non-hydrogen) atoms. The normalized spacial score (nSPS) is 9.00. The Balaban J connectivity index is 0. The second-order valence-electron chi connectivity index (χ2n) is 3.64. The minimum absolute atomic E-state index is 0. The molecule has 0 atom stereocenters. The maximum absolute atomic E-state index is 3.91. The Kier molecular flexibility index (Phi) is 9.60. The summed E-state index contributed by atoms with van der Waals surface area (Å²) in [4.78, 5) is 0. The van der Waals surface area contributed by atoms with E-state index in [-0.39, 0.29) is 23.1 Å². The van der Waals surface area contributed by atoms with Gasteiger partial charge in [-0.1, -0.05) is 19.6 Å². The van der Waals surface area contributed by atoms with E-state index < -0.39 is 8.07 Å². The number of benzene rings is 1. The van der Waals surface area contributed by atoms with Gasteiger partial charge in [0.25, 0.3) is 0 Å². The Morgan fingerprint density at radius 3 is 1.42 bits per heavy atom. The van der Waals surface area contributed by atoms with E-state index in [1.807, 2.05) is 30.3 Å². The zero-order valence-electron chi connectivity index (χ0n) is 8.30. The molecule has 0 heterocycles. The van der Waals surface area contributed by atoms with Crippen molar-refractivity contribution in [3.8, 4) is 0 Å². The standard InChI is InChI=1S/C6H5.C4H11Si.Mg/c1-2-4-6-5-3-1;1-5(2,3)4;/h1-5H;1H2,2-4H3;/q2*-1;+2. The van der Waals surface area contributed by atoms with Crippen molar-refractivity contribution in [2.75, 3.05) is 0 Å². The third kappa shape index (κ3) is 22.5. The van der Waals surface area contributed by atoms with E-state index in [0.717, 1.165) is 0 Å². The van der Waals surface area contributed by atoms with Gasteiger partial charge in [0.05, 0.1) is 0 Å². The summed E-state index contributed by atoms with van der Waals surface area (Å²) >= 11 is 0. The molecule has 0 saturated carbocycles. The van der Waals surface area contributed by atoms with Crippen molar-refractivity contribution >= 4 is 31.1 Å². The minimum Gasteiger partial charge on any atom is -0.342 e. The average Bonchev–Trinajstić information content (AvgIpc) is 1.88. The van der Waals surface area contributed by atoms with Crippen molar-refractivity contribution in [1.82, 2.24) is 0 Å². The molecule has 1 rings (SSSR count). The second-order valence-corrected chi connectivity index (χ2v) is 8.76. The molecular weight excluding hydrogens is 173 g/mol. The van der Waals surface area contributed by atoms with Crippen LogP contribution in [-0.2, 0) is 0 Å². The molecule has 0 amide bonds. The van der Waals surface area contributed by atoms with E-state index in [4.69, 9.17) is 0 Å². The average molecular weight is 189 g/mol. The Morgan fingerprint density at radius 2 is 1.33 bits per heavy atom. The molecule has 2 heteroatoms. The molecule has 0 N–H and O–H groups in total. The van der Waals surface area contributed by atoms with E-state index in [2.05, 4.69) is 32.3 Å². The van der Waals surface area contributed by atoms with Crippen LogP contribution >= 0.6 is 0 Å². The van der Waals surface area contributed by atoms with Gasteiger partial charge < -0.3 is 6.55 Å². The predicted molar refractivity (Wildman–Crippen MR) is 59.7 cm³/mol. The quantitative estimate of drug-likeness (QED) is 0.434. The van der Waals surface area contributed by atoms with Crippen LogP contribution in [0.5, 0.6) is 0 Å². The smallest absolute Gasteiger partial charge is 0.342 e. The number of rotatable bonds is 0. The molecule has 0 aliphatic rings. The molecule has 62 valence electrons. The van der Waals surface area contributed by atoms with Gasteiger partial charge in [-0.3, -0.25) is 0 Å². The molecule has 0 bridgehead atoms. The fourth-order valence-electron chi connectivity index (χ4n) is 0.342. The van der Waals surface area contributed by atoms with Crippen LogP contribution in [0.2, 0.25) is 19.6 Å². The molecular formula is C10H16MgSi. The molecule has 0 radical (unpaired) electrons. The van der Waals surface area contributed by atoms with Crippen molar-refractivity contribution < 1.29 is 0 Å². The Hall–Kier alpha value is 0.203. The van der Waals surface area contributed by atoms with Crippen LogP contribution < -0.4 is 0 Å². The van der Waals surface area contributed by atoms with Crippen molar-refractivity contribution in [1.29, 1.82) is 0 Å². The first-order chi connectivity index (χ1) is 5.00. The third-order valence-electron chi connectivity index (χ3n) is 0.607. The van der Waals surface area contributed by atoms with Crippen LogP contribution in [0, 0.1) is 12.6 Å². The van der Waals surface area contributed by atoms with Crippen LogP contribution in [-0.4, -0.2) is 31.1 Å². The zero-order chi connectivity index (χ0) is 8.74. The molecule has 1 aromatic rings. The van der Waals surface area contributed by atoms with Crippen LogP contribution in [0.15, 0.2) is 30.3 Å². The van der Waals surface area contributed by atoms with Gasteiger partial charge in [0.15, 0.2) is 0 Å². The minimum atomic E-state index is -0.861. The van der Waals surface area contributed by atoms with E-state index >= 15 is 0 Å². The van der Waals surface area contributed by atoms with E-state index in [1.165, 1.54) is 0 Å². The summed E-state index contributed by atoms with van der Waals surface area (Å²) in [6.07, 6.45) is 0. The largest absolute Gasteiger partial charge is 2.00 e. The summed E-state index contributed by atoms with van der Waals surface area (Å²) < 4.78 is 0. The van der Waals surface area contributed by atoms with E-state index in [9.17, 15) is 0 Å². The molecule has 0 aromatic heterocycles. The van der Waals surface area contributed by atoms with Crippen molar-refractivity contribution in [3.63, 3.8) is 0 Å². The molecule has 0 saturated heterocycles. The van der Waals surface area contributed by atoms with E-state index in [0.29, 0.717) is 0 Å². The van der Waals surface area contributed by atoms with Crippen molar-refractivity contribution in [3.05, 3.63) is 42.9 Å². The number of hydrogen-bond donors (Lipinski definition) is 0. The maximum atomic E-state index is 3.91. The van der Waals surface area contributed by atoms with Crippen molar-refractivity contribution in [2.24, 2.45) is 0 Å².